The molecule has 1 heterocycles. The number of hydrogen-bond acceptors (Lipinski definition) is 7. The van der Waals surface area contributed by atoms with Crippen molar-refractivity contribution in [3.63, 3.8) is 0 Å². The Hall–Kier alpha value is -3.47. The molecular formula is C25H33N3O7S. The molecule has 36 heavy (non-hydrogen) atoms. The molecule has 1 atom stereocenters. The van der Waals surface area contributed by atoms with E-state index in [1.54, 1.807) is 44.4 Å². The highest BCUT2D eigenvalue weighted by Crippen LogP contribution is 2.36. The van der Waals surface area contributed by atoms with Gasteiger partial charge in [0.2, 0.25) is 28.6 Å². The second-order valence-electron chi connectivity index (χ2n) is 9.00. The van der Waals surface area contributed by atoms with Gasteiger partial charge in [-0.3, -0.25) is 13.9 Å². The van der Waals surface area contributed by atoms with Crippen molar-refractivity contribution in [1.82, 2.24) is 10.2 Å². The zero-order chi connectivity index (χ0) is 26.5. The quantitative estimate of drug-likeness (QED) is 0.485. The van der Waals surface area contributed by atoms with Crippen molar-refractivity contribution in [2.24, 2.45) is 5.92 Å². The number of carbonyl (C=O) groups excluding carboxylic acids is 2. The predicted molar refractivity (Wildman–Crippen MR) is 136 cm³/mol. The van der Waals surface area contributed by atoms with Crippen LogP contribution in [0.1, 0.15) is 26.3 Å². The monoisotopic (exact) mass is 519 g/mol. The van der Waals surface area contributed by atoms with Crippen molar-refractivity contribution < 1.29 is 32.2 Å². The van der Waals surface area contributed by atoms with Crippen LogP contribution in [0.15, 0.2) is 42.5 Å². The number of fused-ring (bicyclic) bond motifs is 1. The van der Waals surface area contributed by atoms with Crippen molar-refractivity contribution in [3.8, 4) is 17.2 Å². The molecule has 0 bridgehead atoms. The van der Waals surface area contributed by atoms with Crippen molar-refractivity contribution >= 4 is 27.5 Å². The number of ether oxygens (including phenoxy) is 3. The van der Waals surface area contributed by atoms with Crippen LogP contribution in [0.5, 0.6) is 17.2 Å². The van der Waals surface area contributed by atoms with E-state index in [-0.39, 0.29) is 30.9 Å². The van der Waals surface area contributed by atoms with Crippen LogP contribution in [0, 0.1) is 5.92 Å². The van der Waals surface area contributed by atoms with E-state index in [1.807, 2.05) is 19.9 Å². The fraction of sp³-hybridized carbons (Fsp3) is 0.440. The van der Waals surface area contributed by atoms with Crippen LogP contribution in [0.2, 0.25) is 0 Å². The minimum absolute atomic E-state index is 0.0356. The molecule has 1 aliphatic heterocycles. The summed E-state index contributed by atoms with van der Waals surface area (Å²) in [4.78, 5) is 27.9. The fourth-order valence-corrected chi connectivity index (χ4v) is 4.50. The summed E-state index contributed by atoms with van der Waals surface area (Å²) in [5.41, 5.74) is 0.994. The molecule has 0 unspecified atom stereocenters. The largest absolute Gasteiger partial charge is 0.497 e. The van der Waals surface area contributed by atoms with Crippen LogP contribution in [-0.2, 0) is 26.2 Å². The Morgan fingerprint density at radius 2 is 1.81 bits per heavy atom. The van der Waals surface area contributed by atoms with E-state index < -0.39 is 28.5 Å². The highest BCUT2D eigenvalue weighted by atomic mass is 32.2. The van der Waals surface area contributed by atoms with Gasteiger partial charge in [-0.1, -0.05) is 26.0 Å². The molecule has 2 amide bonds. The molecule has 11 heteroatoms. The van der Waals surface area contributed by atoms with Gasteiger partial charge in [0.15, 0.2) is 11.5 Å². The van der Waals surface area contributed by atoms with Crippen molar-refractivity contribution in [2.45, 2.75) is 33.4 Å². The van der Waals surface area contributed by atoms with Crippen LogP contribution in [0.4, 0.5) is 5.69 Å². The molecule has 1 aliphatic rings. The zero-order valence-electron chi connectivity index (χ0n) is 21.2. The Bertz CT molecular complexity index is 1200. The van der Waals surface area contributed by atoms with Gasteiger partial charge in [-0.25, -0.2) is 8.42 Å². The molecule has 0 saturated carbocycles. The predicted octanol–water partition coefficient (Wildman–Crippen LogP) is 2.38. The van der Waals surface area contributed by atoms with Crippen LogP contribution >= 0.6 is 0 Å². The Morgan fingerprint density at radius 1 is 1.08 bits per heavy atom. The van der Waals surface area contributed by atoms with Gasteiger partial charge >= 0.3 is 0 Å². The van der Waals surface area contributed by atoms with Crippen LogP contribution in [0.25, 0.3) is 0 Å². The average Bonchev–Trinajstić information content (AvgIpc) is 3.31. The molecule has 1 N–H and O–H groups in total. The summed E-state index contributed by atoms with van der Waals surface area (Å²) in [6.45, 7) is 5.65. The normalized spacial score (nSPS) is 13.3. The molecule has 0 aliphatic carbocycles. The first-order chi connectivity index (χ1) is 17.0. The van der Waals surface area contributed by atoms with Gasteiger partial charge < -0.3 is 24.4 Å². The molecule has 3 rings (SSSR count). The van der Waals surface area contributed by atoms with Crippen molar-refractivity contribution in [1.29, 1.82) is 0 Å². The van der Waals surface area contributed by atoms with E-state index in [2.05, 4.69) is 5.32 Å². The van der Waals surface area contributed by atoms with Gasteiger partial charge in [-0.2, -0.15) is 0 Å². The second-order valence-corrected chi connectivity index (χ2v) is 10.9. The first-order valence-corrected chi connectivity index (χ1v) is 13.4. The lowest BCUT2D eigenvalue weighted by atomic mass is 10.1. The molecule has 0 radical (unpaired) electrons. The van der Waals surface area contributed by atoms with Gasteiger partial charge in [0.1, 0.15) is 18.3 Å². The molecule has 0 fully saturated rings. The Morgan fingerprint density at radius 3 is 2.47 bits per heavy atom. The molecule has 10 nitrogen and oxygen atoms in total. The number of rotatable bonds is 11. The van der Waals surface area contributed by atoms with E-state index >= 15 is 0 Å². The van der Waals surface area contributed by atoms with Crippen LogP contribution < -0.4 is 23.8 Å². The Kier molecular flexibility index (Phi) is 8.67. The standard InChI is InChI=1S/C25H33N3O7S/c1-17(2)13-26-25(30)18(3)27(14-19-7-6-8-21(11-19)33-4)24(29)15-28(36(5,31)32)20-9-10-22-23(12-20)35-16-34-22/h6-12,17-18H,13-16H2,1-5H3,(H,26,30)/t18-/m1/s1. The summed E-state index contributed by atoms with van der Waals surface area (Å²) in [5.74, 6) is 0.865. The first kappa shape index (κ1) is 27.1. The van der Waals surface area contributed by atoms with Gasteiger partial charge in [0, 0.05) is 19.2 Å². The molecular weight excluding hydrogens is 486 g/mol. The maximum Gasteiger partial charge on any atom is 0.244 e. The molecule has 0 saturated heterocycles. The third-order valence-corrected chi connectivity index (χ3v) is 6.80. The molecule has 2 aromatic carbocycles. The van der Waals surface area contributed by atoms with Gasteiger partial charge in [0.25, 0.3) is 0 Å². The number of carbonyl (C=O) groups is 2. The molecule has 0 spiro atoms. The minimum atomic E-state index is -3.85. The number of amides is 2. The number of hydrogen-bond donors (Lipinski definition) is 1. The molecule has 0 aromatic heterocycles. The summed E-state index contributed by atoms with van der Waals surface area (Å²) in [5, 5.41) is 2.85. The van der Waals surface area contributed by atoms with E-state index in [0.717, 1.165) is 16.1 Å². The summed E-state index contributed by atoms with van der Waals surface area (Å²) in [6.07, 6.45) is 1.02. The lowest BCUT2D eigenvalue weighted by Crippen LogP contribution is -2.51. The highest BCUT2D eigenvalue weighted by molar-refractivity contribution is 7.92. The number of nitrogens with zero attached hydrogens (tertiary/aromatic N) is 2. The molecule has 196 valence electrons. The number of benzene rings is 2. The summed E-state index contributed by atoms with van der Waals surface area (Å²) in [7, 11) is -2.30. The second kappa shape index (κ2) is 11.5. The summed E-state index contributed by atoms with van der Waals surface area (Å²) < 4.78 is 42.3. The lowest BCUT2D eigenvalue weighted by molar-refractivity contribution is -0.139. The first-order valence-electron chi connectivity index (χ1n) is 11.6. The van der Waals surface area contributed by atoms with Crippen molar-refractivity contribution in [2.75, 3.05) is 37.6 Å². The highest BCUT2D eigenvalue weighted by Gasteiger charge is 2.31. The van der Waals surface area contributed by atoms with Crippen LogP contribution in [-0.4, -0.2) is 64.4 Å². The third kappa shape index (κ3) is 6.81. The number of sulfonamides is 1. The van der Waals surface area contributed by atoms with E-state index in [0.29, 0.717) is 23.8 Å². The summed E-state index contributed by atoms with van der Waals surface area (Å²) >= 11 is 0. The third-order valence-electron chi connectivity index (χ3n) is 5.66. The van der Waals surface area contributed by atoms with Crippen LogP contribution in [0.3, 0.4) is 0 Å². The number of methoxy groups -OCH3 is 1. The average molecular weight is 520 g/mol. The maximum atomic E-state index is 13.6. The number of nitrogens with one attached hydrogen (secondary N) is 1. The van der Waals surface area contributed by atoms with Crippen molar-refractivity contribution in [3.05, 3.63) is 48.0 Å². The fourth-order valence-electron chi connectivity index (χ4n) is 3.66. The Balaban J connectivity index is 1.90. The van der Waals surface area contributed by atoms with Gasteiger partial charge in [-0.15, -0.1) is 0 Å². The Labute approximate surface area is 212 Å². The zero-order valence-corrected chi connectivity index (χ0v) is 22.0. The summed E-state index contributed by atoms with van der Waals surface area (Å²) in [6, 6.07) is 11.0. The van der Waals surface area contributed by atoms with E-state index in [4.69, 9.17) is 14.2 Å². The van der Waals surface area contributed by atoms with E-state index in [9.17, 15) is 18.0 Å². The van der Waals surface area contributed by atoms with Gasteiger partial charge in [-0.05, 0) is 42.7 Å². The van der Waals surface area contributed by atoms with Gasteiger partial charge in [0.05, 0.1) is 19.1 Å². The topological polar surface area (TPSA) is 114 Å². The number of anilines is 1. The minimum Gasteiger partial charge on any atom is -0.497 e. The smallest absolute Gasteiger partial charge is 0.244 e. The molecule has 2 aromatic rings. The SMILES string of the molecule is COc1cccc(CN(C(=O)CN(c2ccc3c(c2)OCO3)S(C)(=O)=O)[C@H](C)C(=O)NCC(C)C)c1. The van der Waals surface area contributed by atoms with E-state index in [1.165, 1.54) is 11.0 Å². The lowest BCUT2D eigenvalue weighted by Gasteiger charge is -2.31. The maximum absolute atomic E-state index is 13.6.